The number of nitrogens with zero attached hydrogens (tertiary/aromatic N) is 2. The fourth-order valence-corrected chi connectivity index (χ4v) is 1.41. The van der Waals surface area contributed by atoms with Crippen LogP contribution >= 0.6 is 15.9 Å². The maximum Gasteiger partial charge on any atom is 0.573 e. The molecule has 0 aliphatic carbocycles. The highest BCUT2D eigenvalue weighted by atomic mass is 79.9. The second-order valence-corrected chi connectivity index (χ2v) is 3.23. The lowest BCUT2D eigenvalue weighted by Gasteiger charge is -2.12. The molecule has 0 saturated carbocycles. The quantitative estimate of drug-likeness (QED) is 0.787. The third kappa shape index (κ3) is 2.76. The molecular formula is C8H4BrF3N2O2. The number of halogens is 4. The number of pyridine rings is 1. The largest absolute Gasteiger partial charge is 0.573 e. The Morgan fingerprint density at radius 2 is 2.12 bits per heavy atom. The summed E-state index contributed by atoms with van der Waals surface area (Å²) in [5.74, 6) is -0.806. The first kappa shape index (κ1) is 12.6. The van der Waals surface area contributed by atoms with E-state index in [4.69, 9.17) is 10.00 Å². The van der Waals surface area contributed by atoms with Crippen molar-refractivity contribution in [3.8, 4) is 17.6 Å². The minimum Gasteiger partial charge on any atom is -0.492 e. The normalized spacial score (nSPS) is 10.8. The molecule has 1 heterocycles. The van der Waals surface area contributed by atoms with Gasteiger partial charge in [-0.3, -0.25) is 0 Å². The van der Waals surface area contributed by atoms with Crippen molar-refractivity contribution in [3.63, 3.8) is 0 Å². The maximum atomic E-state index is 12.0. The van der Waals surface area contributed by atoms with Crippen molar-refractivity contribution < 1.29 is 22.6 Å². The van der Waals surface area contributed by atoms with Gasteiger partial charge in [-0.25, -0.2) is 4.98 Å². The number of alkyl halides is 3. The standard InChI is InChI=1S/C8H4BrF3N2O2/c1-15-6-4(2-13)5(3-14-7(6)9)16-8(10,11)12/h3H,1H3. The Balaban J connectivity index is 3.27. The summed E-state index contributed by atoms with van der Waals surface area (Å²) < 4.78 is 44.5. The second kappa shape index (κ2) is 4.57. The van der Waals surface area contributed by atoms with Gasteiger partial charge in [0.1, 0.15) is 16.2 Å². The Hall–Kier alpha value is -1.49. The lowest BCUT2D eigenvalue weighted by atomic mass is 10.2. The first-order valence-electron chi connectivity index (χ1n) is 3.77. The third-order valence-corrected chi connectivity index (χ3v) is 2.06. The van der Waals surface area contributed by atoms with Gasteiger partial charge >= 0.3 is 6.36 Å². The summed E-state index contributed by atoms with van der Waals surface area (Å²) >= 11 is 2.94. The van der Waals surface area contributed by atoms with E-state index in [9.17, 15) is 13.2 Å². The van der Waals surface area contributed by atoms with Gasteiger partial charge in [-0.15, -0.1) is 13.2 Å². The molecule has 0 spiro atoms. The van der Waals surface area contributed by atoms with Gasteiger partial charge < -0.3 is 9.47 Å². The molecule has 0 radical (unpaired) electrons. The fourth-order valence-electron chi connectivity index (χ4n) is 0.948. The molecule has 0 aliphatic rings. The molecule has 0 aromatic carbocycles. The molecule has 4 nitrogen and oxygen atoms in total. The zero-order valence-corrected chi connectivity index (χ0v) is 9.39. The van der Waals surface area contributed by atoms with Crippen LogP contribution in [0.3, 0.4) is 0 Å². The number of aromatic nitrogens is 1. The van der Waals surface area contributed by atoms with Crippen molar-refractivity contribution in [2.75, 3.05) is 7.11 Å². The van der Waals surface area contributed by atoms with E-state index in [0.717, 1.165) is 6.20 Å². The predicted octanol–water partition coefficient (Wildman–Crippen LogP) is 2.62. The highest BCUT2D eigenvalue weighted by molar-refractivity contribution is 9.10. The molecule has 0 bridgehead atoms. The number of methoxy groups -OCH3 is 1. The van der Waals surface area contributed by atoms with Crippen LogP contribution in [0.2, 0.25) is 0 Å². The molecule has 0 saturated heterocycles. The van der Waals surface area contributed by atoms with E-state index in [1.807, 2.05) is 0 Å². The number of hydrogen-bond acceptors (Lipinski definition) is 4. The lowest BCUT2D eigenvalue weighted by Crippen LogP contribution is -2.18. The SMILES string of the molecule is COc1c(Br)ncc(OC(F)(F)F)c1C#N. The minimum atomic E-state index is -4.88. The average Bonchev–Trinajstić information content (AvgIpc) is 2.18. The van der Waals surface area contributed by atoms with Gasteiger partial charge in [-0.1, -0.05) is 0 Å². The summed E-state index contributed by atoms with van der Waals surface area (Å²) in [6.45, 7) is 0. The summed E-state index contributed by atoms with van der Waals surface area (Å²) in [6, 6.07) is 1.56. The number of rotatable bonds is 2. The zero-order valence-electron chi connectivity index (χ0n) is 7.80. The first-order valence-corrected chi connectivity index (χ1v) is 4.56. The van der Waals surface area contributed by atoms with Crippen molar-refractivity contribution in [2.45, 2.75) is 6.36 Å². The van der Waals surface area contributed by atoms with Gasteiger partial charge in [-0.2, -0.15) is 5.26 Å². The molecule has 0 N–H and O–H groups in total. The molecule has 0 fully saturated rings. The highest BCUT2D eigenvalue weighted by Gasteiger charge is 2.33. The third-order valence-electron chi connectivity index (χ3n) is 1.50. The molecule has 8 heteroatoms. The number of hydrogen-bond donors (Lipinski definition) is 0. The van der Waals surface area contributed by atoms with Crippen molar-refractivity contribution in [1.82, 2.24) is 4.98 Å². The Morgan fingerprint density at radius 1 is 1.50 bits per heavy atom. The summed E-state index contributed by atoms with van der Waals surface area (Å²) in [5.41, 5.74) is -0.373. The number of ether oxygens (including phenoxy) is 2. The van der Waals surface area contributed by atoms with Crippen LogP contribution in [-0.2, 0) is 0 Å². The molecule has 0 atom stereocenters. The Kier molecular flexibility index (Phi) is 3.59. The molecule has 1 rings (SSSR count). The Morgan fingerprint density at radius 3 is 2.56 bits per heavy atom. The lowest BCUT2D eigenvalue weighted by molar-refractivity contribution is -0.274. The Bertz CT molecular complexity index is 442. The maximum absolute atomic E-state index is 12.0. The second-order valence-electron chi connectivity index (χ2n) is 2.48. The zero-order chi connectivity index (χ0) is 12.3. The van der Waals surface area contributed by atoms with E-state index in [1.165, 1.54) is 7.11 Å². The number of nitriles is 1. The summed E-state index contributed by atoms with van der Waals surface area (Å²) in [7, 11) is 1.21. The molecule has 0 amide bonds. The predicted molar refractivity (Wildman–Crippen MR) is 49.9 cm³/mol. The van der Waals surface area contributed by atoms with Gasteiger partial charge in [0.25, 0.3) is 0 Å². The van der Waals surface area contributed by atoms with Gasteiger partial charge in [0.2, 0.25) is 0 Å². The molecular weight excluding hydrogens is 293 g/mol. The average molecular weight is 297 g/mol. The molecule has 1 aromatic heterocycles. The van der Waals surface area contributed by atoms with Gasteiger partial charge in [0, 0.05) is 0 Å². The molecule has 1 aromatic rings. The van der Waals surface area contributed by atoms with E-state index in [-0.39, 0.29) is 15.9 Å². The van der Waals surface area contributed by atoms with Crippen LogP contribution < -0.4 is 9.47 Å². The summed E-state index contributed by atoms with van der Waals surface area (Å²) in [6.07, 6.45) is -4.09. The van der Waals surface area contributed by atoms with E-state index in [1.54, 1.807) is 6.07 Å². The molecule has 0 unspecified atom stereocenters. The summed E-state index contributed by atoms with van der Waals surface area (Å²) in [4.78, 5) is 3.56. The highest BCUT2D eigenvalue weighted by Crippen LogP contribution is 2.35. The van der Waals surface area contributed by atoms with Gasteiger partial charge in [0.05, 0.1) is 13.3 Å². The van der Waals surface area contributed by atoms with E-state index >= 15 is 0 Å². The molecule has 0 aliphatic heterocycles. The van der Waals surface area contributed by atoms with E-state index < -0.39 is 12.1 Å². The van der Waals surface area contributed by atoms with Crippen LogP contribution in [0.1, 0.15) is 5.56 Å². The van der Waals surface area contributed by atoms with Crippen LogP contribution in [0.4, 0.5) is 13.2 Å². The van der Waals surface area contributed by atoms with Crippen molar-refractivity contribution in [1.29, 1.82) is 5.26 Å². The topological polar surface area (TPSA) is 55.1 Å². The molecule has 16 heavy (non-hydrogen) atoms. The van der Waals surface area contributed by atoms with Gasteiger partial charge in [0.15, 0.2) is 11.5 Å². The van der Waals surface area contributed by atoms with Crippen LogP contribution in [0, 0.1) is 11.3 Å². The molecule has 86 valence electrons. The van der Waals surface area contributed by atoms with E-state index in [2.05, 4.69) is 25.7 Å². The monoisotopic (exact) mass is 296 g/mol. The summed E-state index contributed by atoms with van der Waals surface area (Å²) in [5, 5.41) is 8.73. The van der Waals surface area contributed by atoms with Crippen molar-refractivity contribution in [2.24, 2.45) is 0 Å². The fraction of sp³-hybridized carbons (Fsp3) is 0.250. The van der Waals surface area contributed by atoms with Crippen molar-refractivity contribution in [3.05, 3.63) is 16.4 Å². The first-order chi connectivity index (χ1) is 7.39. The van der Waals surface area contributed by atoms with E-state index in [0.29, 0.717) is 0 Å². The van der Waals surface area contributed by atoms with Crippen molar-refractivity contribution >= 4 is 15.9 Å². The van der Waals surface area contributed by atoms with Crippen LogP contribution in [0.15, 0.2) is 10.8 Å². The minimum absolute atomic E-state index is 0.107. The van der Waals surface area contributed by atoms with Crippen LogP contribution in [0.5, 0.6) is 11.5 Å². The van der Waals surface area contributed by atoms with Crippen LogP contribution in [-0.4, -0.2) is 18.5 Å². The Labute approximate surface area is 96.7 Å². The van der Waals surface area contributed by atoms with Gasteiger partial charge in [-0.05, 0) is 15.9 Å². The van der Waals surface area contributed by atoms with Crippen LogP contribution in [0.25, 0.3) is 0 Å². The smallest absolute Gasteiger partial charge is 0.492 e.